The van der Waals surface area contributed by atoms with Crippen molar-refractivity contribution in [2.75, 3.05) is 18.9 Å². The summed E-state index contributed by atoms with van der Waals surface area (Å²) in [6, 6.07) is -4.67. The number of amides is 3. The van der Waals surface area contributed by atoms with Crippen LogP contribution in [0.2, 0.25) is 0 Å². The molecule has 0 aliphatic carbocycles. The van der Waals surface area contributed by atoms with Crippen molar-refractivity contribution in [3.05, 3.63) is 0 Å². The number of nitrogens with zero attached hydrogens (tertiary/aromatic N) is 1. The van der Waals surface area contributed by atoms with E-state index in [0.29, 0.717) is 12.8 Å². The number of carbonyl (C=O) groups excluding carboxylic acids is 3. The molecule has 0 radical (unpaired) electrons. The number of carboxylic acid groups (broad SMARTS) is 1. The number of nitrogens with two attached hydrogens (primary N) is 3. The molecule has 3 amide bonds. The van der Waals surface area contributed by atoms with Crippen LogP contribution in [-0.4, -0.2) is 82.9 Å². The van der Waals surface area contributed by atoms with E-state index in [0.717, 1.165) is 0 Å². The number of aliphatic imine (C=N–C) groups is 1. The van der Waals surface area contributed by atoms with Crippen molar-refractivity contribution < 1.29 is 29.4 Å². The van der Waals surface area contributed by atoms with Crippen LogP contribution in [0.25, 0.3) is 0 Å². The molecule has 0 saturated carbocycles. The van der Waals surface area contributed by atoms with Crippen LogP contribution < -0.4 is 33.2 Å². The first-order valence-corrected chi connectivity index (χ1v) is 10.7. The number of nitrogens with one attached hydrogen (secondary N) is 3. The third kappa shape index (κ3) is 11.7. The quantitative estimate of drug-likeness (QED) is 0.0501. The first-order valence-electron chi connectivity index (χ1n) is 10.1. The van der Waals surface area contributed by atoms with E-state index in [4.69, 9.17) is 22.3 Å². The van der Waals surface area contributed by atoms with E-state index in [2.05, 4.69) is 33.6 Å². The highest BCUT2D eigenvalue weighted by Gasteiger charge is 2.29. The van der Waals surface area contributed by atoms with Crippen LogP contribution in [0.4, 0.5) is 0 Å². The summed E-state index contributed by atoms with van der Waals surface area (Å²) < 4.78 is 0. The summed E-state index contributed by atoms with van der Waals surface area (Å²) in [7, 11) is 0. The lowest BCUT2D eigenvalue weighted by molar-refractivity contribution is -0.142. The number of thiol groups is 1. The van der Waals surface area contributed by atoms with E-state index >= 15 is 0 Å². The fraction of sp³-hybridized carbons (Fsp3) is 0.722. The maximum Gasteiger partial charge on any atom is 0.327 e. The van der Waals surface area contributed by atoms with Gasteiger partial charge in [-0.15, -0.1) is 0 Å². The zero-order chi connectivity index (χ0) is 24.8. The molecular weight excluding hydrogens is 442 g/mol. The van der Waals surface area contributed by atoms with E-state index in [1.165, 1.54) is 0 Å². The average Bonchev–Trinajstić information content (AvgIpc) is 2.70. The Hall–Kier alpha value is -2.58. The minimum Gasteiger partial charge on any atom is -0.480 e. The zero-order valence-corrected chi connectivity index (χ0v) is 19.2. The van der Waals surface area contributed by atoms with Gasteiger partial charge >= 0.3 is 5.97 Å². The van der Waals surface area contributed by atoms with Crippen LogP contribution >= 0.6 is 12.6 Å². The summed E-state index contributed by atoms with van der Waals surface area (Å²) in [5.74, 6) is -3.70. The van der Waals surface area contributed by atoms with E-state index in [-0.39, 0.29) is 30.6 Å². The lowest BCUT2D eigenvalue weighted by Crippen LogP contribution is -2.58. The van der Waals surface area contributed by atoms with Gasteiger partial charge in [0.05, 0.1) is 12.6 Å². The SMILES string of the molecule is CC(C)CC(N)C(=O)NC(CCCN=C(N)N)C(=O)NC(CO)C(=O)NC(CS)C(=O)O. The second kappa shape index (κ2) is 15.3. The first-order chi connectivity index (χ1) is 14.9. The van der Waals surface area contributed by atoms with Gasteiger partial charge in [0.25, 0.3) is 0 Å². The molecule has 0 saturated heterocycles. The van der Waals surface area contributed by atoms with Gasteiger partial charge in [-0.1, -0.05) is 13.8 Å². The van der Waals surface area contributed by atoms with Gasteiger partial charge in [0.2, 0.25) is 17.7 Å². The molecule has 0 heterocycles. The molecule has 4 unspecified atom stereocenters. The Balaban J connectivity index is 5.27. The van der Waals surface area contributed by atoms with E-state index in [9.17, 15) is 24.3 Å². The molecule has 32 heavy (non-hydrogen) atoms. The van der Waals surface area contributed by atoms with Crippen LogP contribution in [-0.2, 0) is 19.2 Å². The van der Waals surface area contributed by atoms with Gasteiger partial charge in [0.1, 0.15) is 18.1 Å². The number of carboxylic acids is 1. The van der Waals surface area contributed by atoms with Crippen LogP contribution in [0.15, 0.2) is 4.99 Å². The van der Waals surface area contributed by atoms with Gasteiger partial charge in [-0.05, 0) is 25.2 Å². The molecule has 0 aromatic heterocycles. The zero-order valence-electron chi connectivity index (χ0n) is 18.3. The topological polar surface area (TPSA) is 235 Å². The third-order valence-corrected chi connectivity index (χ3v) is 4.62. The van der Waals surface area contributed by atoms with Gasteiger partial charge in [0, 0.05) is 12.3 Å². The van der Waals surface area contributed by atoms with E-state index in [1.807, 2.05) is 13.8 Å². The van der Waals surface area contributed by atoms with Crippen LogP contribution in [0.1, 0.15) is 33.1 Å². The largest absolute Gasteiger partial charge is 0.480 e. The maximum absolute atomic E-state index is 12.7. The monoisotopic (exact) mass is 477 g/mol. The molecule has 184 valence electrons. The minimum atomic E-state index is -1.44. The Labute approximate surface area is 192 Å². The Morgan fingerprint density at radius 1 is 0.969 bits per heavy atom. The van der Waals surface area contributed by atoms with Crippen molar-refractivity contribution in [2.24, 2.45) is 28.1 Å². The van der Waals surface area contributed by atoms with Crippen molar-refractivity contribution >= 4 is 42.3 Å². The second-order valence-electron chi connectivity index (χ2n) is 7.57. The molecular formula is C18H35N7O6S. The average molecular weight is 478 g/mol. The molecule has 0 spiro atoms. The van der Waals surface area contributed by atoms with Gasteiger partial charge in [-0.25, -0.2) is 4.79 Å². The number of guanidine groups is 1. The Bertz CT molecular complexity index is 672. The van der Waals surface area contributed by atoms with Gasteiger partial charge in [-0.2, -0.15) is 12.6 Å². The summed E-state index contributed by atoms with van der Waals surface area (Å²) in [6.07, 6.45) is 0.847. The third-order valence-electron chi connectivity index (χ3n) is 4.25. The summed E-state index contributed by atoms with van der Waals surface area (Å²) in [5, 5.41) is 25.5. The summed E-state index contributed by atoms with van der Waals surface area (Å²) in [6.45, 7) is 3.20. The van der Waals surface area contributed by atoms with Crippen LogP contribution in [0.3, 0.4) is 0 Å². The van der Waals surface area contributed by atoms with Crippen molar-refractivity contribution in [1.29, 1.82) is 0 Å². The standard InChI is InChI=1S/C18H35N7O6S/c1-9(2)6-10(19)14(27)23-11(4-3-5-22-18(20)21)15(28)24-12(7-26)16(29)25-13(8-32)17(30)31/h9-13,26,32H,3-8,19H2,1-2H3,(H,23,27)(H,24,28)(H,25,29)(H,30,31)(H4,20,21,22). The van der Waals surface area contributed by atoms with Gasteiger partial charge < -0.3 is 43.4 Å². The van der Waals surface area contributed by atoms with Crippen molar-refractivity contribution in [2.45, 2.75) is 57.3 Å². The number of aliphatic carboxylic acids is 1. The minimum absolute atomic E-state index is 0.122. The Morgan fingerprint density at radius 3 is 1.97 bits per heavy atom. The molecule has 4 atom stereocenters. The fourth-order valence-corrected chi connectivity index (χ4v) is 2.84. The van der Waals surface area contributed by atoms with Crippen molar-refractivity contribution in [1.82, 2.24) is 16.0 Å². The van der Waals surface area contributed by atoms with Crippen molar-refractivity contribution in [3.63, 3.8) is 0 Å². The molecule has 14 heteroatoms. The molecule has 0 aromatic rings. The van der Waals surface area contributed by atoms with E-state index < -0.39 is 54.5 Å². The highest BCUT2D eigenvalue weighted by molar-refractivity contribution is 7.80. The molecule has 0 aliphatic heterocycles. The predicted octanol–water partition coefficient (Wildman–Crippen LogP) is -3.13. The summed E-state index contributed by atoms with van der Waals surface area (Å²) >= 11 is 3.84. The number of carbonyl (C=O) groups is 4. The highest BCUT2D eigenvalue weighted by atomic mass is 32.1. The van der Waals surface area contributed by atoms with Crippen molar-refractivity contribution in [3.8, 4) is 0 Å². The lowest BCUT2D eigenvalue weighted by Gasteiger charge is -2.24. The van der Waals surface area contributed by atoms with E-state index in [1.54, 1.807) is 0 Å². The van der Waals surface area contributed by atoms with Crippen LogP contribution in [0, 0.1) is 5.92 Å². The smallest absolute Gasteiger partial charge is 0.327 e. The molecule has 0 fully saturated rings. The molecule has 0 bridgehead atoms. The summed E-state index contributed by atoms with van der Waals surface area (Å²) in [5.41, 5.74) is 16.4. The number of rotatable bonds is 15. The summed E-state index contributed by atoms with van der Waals surface area (Å²) in [4.78, 5) is 52.3. The molecule has 0 aromatic carbocycles. The highest BCUT2D eigenvalue weighted by Crippen LogP contribution is 2.05. The maximum atomic E-state index is 12.7. The number of hydrogen-bond donors (Lipinski definition) is 9. The van der Waals surface area contributed by atoms with Gasteiger partial charge in [-0.3, -0.25) is 19.4 Å². The Kier molecular flexibility index (Phi) is 14.0. The molecule has 0 aliphatic rings. The lowest BCUT2D eigenvalue weighted by atomic mass is 10.0. The number of aliphatic hydroxyl groups is 1. The number of hydrogen-bond acceptors (Lipinski definition) is 8. The molecule has 0 rings (SSSR count). The fourth-order valence-electron chi connectivity index (χ4n) is 2.59. The second-order valence-corrected chi connectivity index (χ2v) is 7.94. The predicted molar refractivity (Wildman–Crippen MR) is 122 cm³/mol. The Morgan fingerprint density at radius 2 is 1.50 bits per heavy atom. The molecule has 13 nitrogen and oxygen atoms in total. The molecule has 11 N–H and O–H groups in total. The first kappa shape index (κ1) is 29.4. The number of aliphatic hydroxyl groups excluding tert-OH is 1. The van der Waals surface area contributed by atoms with Crippen LogP contribution in [0.5, 0.6) is 0 Å². The normalized spacial score (nSPS) is 14.6. The van der Waals surface area contributed by atoms with Gasteiger partial charge in [0.15, 0.2) is 5.96 Å².